The van der Waals surface area contributed by atoms with Crippen molar-refractivity contribution in [3.8, 4) is 0 Å². The third-order valence-electron chi connectivity index (χ3n) is 3.08. The Bertz CT molecular complexity index is 624. The minimum absolute atomic E-state index is 0.0254. The average Bonchev–Trinajstić information content (AvgIpc) is 2.85. The highest BCUT2D eigenvalue weighted by molar-refractivity contribution is 9.10. The summed E-state index contributed by atoms with van der Waals surface area (Å²) >= 11 is 5.27. The molecule has 1 aromatic carbocycles. The first-order valence-corrected chi connectivity index (χ1v) is 8.55. The molecule has 0 fully saturated rings. The molecule has 1 atom stereocenters. The van der Waals surface area contributed by atoms with Crippen LogP contribution in [0.25, 0.3) is 0 Å². The van der Waals surface area contributed by atoms with Crippen molar-refractivity contribution >= 4 is 44.5 Å². The highest BCUT2D eigenvalue weighted by atomic mass is 79.9. The van der Waals surface area contributed by atoms with E-state index < -0.39 is 0 Å². The Balaban J connectivity index is 2.07. The van der Waals surface area contributed by atoms with Gasteiger partial charge in [0.15, 0.2) is 0 Å². The second-order valence-corrected chi connectivity index (χ2v) is 7.03. The van der Waals surface area contributed by atoms with Crippen LogP contribution in [-0.2, 0) is 4.79 Å². The number of carbonyl (C=O) groups is 1. The van der Waals surface area contributed by atoms with Gasteiger partial charge in [0.25, 0.3) is 0 Å². The zero-order valence-electron chi connectivity index (χ0n) is 12.3. The number of benzene rings is 1. The molecule has 1 unspecified atom stereocenters. The zero-order valence-corrected chi connectivity index (χ0v) is 14.7. The Morgan fingerprint density at radius 2 is 1.90 bits per heavy atom. The molecular formula is C16H19BrN2OS. The lowest BCUT2D eigenvalue weighted by Gasteiger charge is -2.16. The van der Waals surface area contributed by atoms with Crippen LogP contribution in [-0.4, -0.2) is 5.91 Å². The Hall–Kier alpha value is -1.33. The fourth-order valence-electron chi connectivity index (χ4n) is 1.90. The molecule has 21 heavy (non-hydrogen) atoms. The van der Waals surface area contributed by atoms with Gasteiger partial charge in [-0.2, -0.15) is 0 Å². The van der Waals surface area contributed by atoms with E-state index in [1.165, 1.54) is 4.88 Å². The number of hydrogen-bond donors (Lipinski definition) is 2. The van der Waals surface area contributed by atoms with Gasteiger partial charge in [-0.15, -0.1) is 11.3 Å². The van der Waals surface area contributed by atoms with Crippen molar-refractivity contribution in [1.82, 2.24) is 0 Å². The van der Waals surface area contributed by atoms with Gasteiger partial charge in [0.2, 0.25) is 5.91 Å². The lowest BCUT2D eigenvalue weighted by atomic mass is 10.2. The summed E-state index contributed by atoms with van der Waals surface area (Å²) in [5, 5.41) is 8.44. The van der Waals surface area contributed by atoms with Crippen LogP contribution in [0.1, 0.15) is 31.7 Å². The van der Waals surface area contributed by atoms with Crippen molar-refractivity contribution < 1.29 is 4.79 Å². The third kappa shape index (κ3) is 4.32. The fraction of sp³-hybridized carbons (Fsp3) is 0.312. The molecule has 0 saturated heterocycles. The van der Waals surface area contributed by atoms with Gasteiger partial charge in [-0.1, -0.05) is 19.9 Å². The van der Waals surface area contributed by atoms with Crippen molar-refractivity contribution in [1.29, 1.82) is 0 Å². The minimum atomic E-state index is -0.0254. The SMILES string of the molecule is CC(C)C(=O)Nc1cccc(NC(C)c2sccc2Br)c1. The molecule has 2 N–H and O–H groups in total. The lowest BCUT2D eigenvalue weighted by Crippen LogP contribution is -2.17. The largest absolute Gasteiger partial charge is 0.378 e. The fourth-order valence-corrected chi connectivity index (χ4v) is 3.63. The van der Waals surface area contributed by atoms with Crippen LogP contribution < -0.4 is 10.6 Å². The van der Waals surface area contributed by atoms with Crippen LogP contribution in [0.4, 0.5) is 11.4 Å². The summed E-state index contributed by atoms with van der Waals surface area (Å²) in [6.45, 7) is 5.89. The van der Waals surface area contributed by atoms with E-state index in [1.54, 1.807) is 11.3 Å². The second kappa shape index (κ2) is 7.09. The molecular weight excluding hydrogens is 348 g/mol. The van der Waals surface area contributed by atoms with Gasteiger partial charge in [0.05, 0.1) is 6.04 Å². The maximum absolute atomic E-state index is 11.7. The summed E-state index contributed by atoms with van der Waals surface area (Å²) in [5.74, 6) is 0.00353. The monoisotopic (exact) mass is 366 g/mol. The lowest BCUT2D eigenvalue weighted by molar-refractivity contribution is -0.118. The van der Waals surface area contributed by atoms with Crippen LogP contribution in [0.3, 0.4) is 0 Å². The number of carbonyl (C=O) groups excluding carboxylic acids is 1. The summed E-state index contributed by atoms with van der Waals surface area (Å²) in [6.07, 6.45) is 0. The summed E-state index contributed by atoms with van der Waals surface area (Å²) in [6, 6.07) is 10.1. The van der Waals surface area contributed by atoms with Gasteiger partial charge in [-0.05, 0) is 52.5 Å². The van der Waals surface area contributed by atoms with Crippen molar-refractivity contribution in [2.45, 2.75) is 26.8 Å². The molecule has 0 radical (unpaired) electrons. The number of rotatable bonds is 5. The normalized spacial score (nSPS) is 12.2. The topological polar surface area (TPSA) is 41.1 Å². The number of anilines is 2. The first kappa shape index (κ1) is 16.0. The Morgan fingerprint density at radius 3 is 2.52 bits per heavy atom. The molecule has 112 valence electrons. The van der Waals surface area contributed by atoms with E-state index in [0.29, 0.717) is 0 Å². The van der Waals surface area contributed by atoms with Crippen LogP contribution in [0.15, 0.2) is 40.2 Å². The van der Waals surface area contributed by atoms with Gasteiger partial charge in [0.1, 0.15) is 0 Å². The highest BCUT2D eigenvalue weighted by Gasteiger charge is 2.11. The van der Waals surface area contributed by atoms with Crippen LogP contribution in [0, 0.1) is 5.92 Å². The number of nitrogens with one attached hydrogen (secondary N) is 2. The predicted molar refractivity (Wildman–Crippen MR) is 94.0 cm³/mol. The van der Waals surface area contributed by atoms with Gasteiger partial charge in [0, 0.05) is 26.6 Å². The van der Waals surface area contributed by atoms with Crippen molar-refractivity contribution in [3.05, 3.63) is 45.1 Å². The minimum Gasteiger partial charge on any atom is -0.378 e. The van der Waals surface area contributed by atoms with Crippen molar-refractivity contribution in [2.24, 2.45) is 5.92 Å². The quantitative estimate of drug-likeness (QED) is 0.755. The Labute approximate surface area is 137 Å². The molecule has 0 aliphatic rings. The van der Waals surface area contributed by atoms with Gasteiger partial charge < -0.3 is 10.6 Å². The smallest absolute Gasteiger partial charge is 0.226 e. The molecule has 1 heterocycles. The van der Waals surface area contributed by atoms with Crippen LogP contribution >= 0.6 is 27.3 Å². The Kier molecular flexibility index (Phi) is 5.42. The molecule has 0 spiro atoms. The van der Waals surface area contributed by atoms with Crippen LogP contribution in [0.5, 0.6) is 0 Å². The second-order valence-electron chi connectivity index (χ2n) is 5.22. The van der Waals surface area contributed by atoms with Gasteiger partial charge in [-0.25, -0.2) is 0 Å². The molecule has 2 aromatic rings. The van der Waals surface area contributed by atoms with E-state index in [9.17, 15) is 4.79 Å². The Morgan fingerprint density at radius 1 is 1.19 bits per heavy atom. The predicted octanol–water partition coefficient (Wildman–Crippen LogP) is 5.28. The van der Waals surface area contributed by atoms with E-state index in [-0.39, 0.29) is 17.9 Å². The van der Waals surface area contributed by atoms with E-state index in [2.05, 4.69) is 44.9 Å². The number of amides is 1. The maximum Gasteiger partial charge on any atom is 0.226 e. The molecule has 0 bridgehead atoms. The standard InChI is InChI=1S/C16H19BrN2OS/c1-10(2)16(20)19-13-6-4-5-12(9-13)18-11(3)15-14(17)7-8-21-15/h4-11,18H,1-3H3,(H,19,20). The first-order valence-electron chi connectivity index (χ1n) is 6.87. The maximum atomic E-state index is 11.7. The molecule has 5 heteroatoms. The average molecular weight is 367 g/mol. The summed E-state index contributed by atoms with van der Waals surface area (Å²) in [7, 11) is 0. The summed E-state index contributed by atoms with van der Waals surface area (Å²) in [5.41, 5.74) is 1.81. The summed E-state index contributed by atoms with van der Waals surface area (Å²) < 4.78 is 1.12. The first-order chi connectivity index (χ1) is 9.97. The molecule has 3 nitrogen and oxygen atoms in total. The van der Waals surface area contributed by atoms with Crippen LogP contribution in [0.2, 0.25) is 0 Å². The van der Waals surface area contributed by atoms with Crippen molar-refractivity contribution in [3.63, 3.8) is 0 Å². The number of hydrogen-bond acceptors (Lipinski definition) is 3. The molecule has 0 aliphatic carbocycles. The van der Waals surface area contributed by atoms with E-state index in [1.807, 2.05) is 38.1 Å². The highest BCUT2D eigenvalue weighted by Crippen LogP contribution is 2.31. The van der Waals surface area contributed by atoms with E-state index in [4.69, 9.17) is 0 Å². The van der Waals surface area contributed by atoms with Gasteiger partial charge >= 0.3 is 0 Å². The number of halogens is 1. The van der Waals surface area contributed by atoms with E-state index >= 15 is 0 Å². The third-order valence-corrected chi connectivity index (χ3v) is 5.13. The van der Waals surface area contributed by atoms with E-state index in [0.717, 1.165) is 15.8 Å². The summed E-state index contributed by atoms with van der Waals surface area (Å²) in [4.78, 5) is 13.0. The molecule has 0 saturated carbocycles. The van der Waals surface area contributed by atoms with Gasteiger partial charge in [-0.3, -0.25) is 4.79 Å². The molecule has 0 aliphatic heterocycles. The molecule has 1 amide bonds. The number of thiophene rings is 1. The molecule has 1 aromatic heterocycles. The molecule has 2 rings (SSSR count). The zero-order chi connectivity index (χ0) is 15.4. The van der Waals surface area contributed by atoms with Crippen molar-refractivity contribution in [2.75, 3.05) is 10.6 Å².